The second kappa shape index (κ2) is 7.68. The normalized spacial score (nSPS) is 11.2. The third-order valence-corrected chi connectivity index (χ3v) is 6.57. The molecule has 3 rings (SSSR count). The fourth-order valence-corrected chi connectivity index (χ4v) is 4.27. The lowest BCUT2D eigenvalue weighted by Gasteiger charge is -2.04. The van der Waals surface area contributed by atoms with Gasteiger partial charge in [-0.2, -0.15) is 8.42 Å². The summed E-state index contributed by atoms with van der Waals surface area (Å²) in [6, 6.07) is 13.9. The highest BCUT2D eigenvalue weighted by molar-refractivity contribution is 14.1. The third kappa shape index (κ3) is 4.56. The van der Waals surface area contributed by atoms with E-state index in [-0.39, 0.29) is 15.4 Å². The van der Waals surface area contributed by atoms with Crippen LogP contribution in [-0.2, 0) is 10.0 Å². The van der Waals surface area contributed by atoms with Crippen LogP contribution in [0.5, 0.6) is 0 Å². The summed E-state index contributed by atoms with van der Waals surface area (Å²) < 4.78 is 27.9. The van der Waals surface area contributed by atoms with Crippen molar-refractivity contribution < 1.29 is 13.2 Å². The topological polar surface area (TPSA) is 101 Å². The summed E-state index contributed by atoms with van der Waals surface area (Å²) in [5.41, 5.74) is 1.91. The molecule has 26 heavy (non-hydrogen) atoms. The Balaban J connectivity index is 1.73. The van der Waals surface area contributed by atoms with Crippen LogP contribution < -0.4 is 10.0 Å². The summed E-state index contributed by atoms with van der Waals surface area (Å²) in [4.78, 5) is 12.2. The SMILES string of the molecule is Cc1ccc(C(=O)Nc2nnc(S(=O)(=O)Nc3ccc(I)cc3)s2)cc1. The number of anilines is 2. The minimum absolute atomic E-state index is 0.110. The largest absolute Gasteiger partial charge is 0.296 e. The molecule has 2 N–H and O–H groups in total. The van der Waals surface area contributed by atoms with Crippen molar-refractivity contribution in [1.29, 1.82) is 0 Å². The van der Waals surface area contributed by atoms with E-state index in [0.29, 0.717) is 11.3 Å². The lowest BCUT2D eigenvalue weighted by molar-refractivity contribution is 0.102. The number of amides is 1. The number of carbonyl (C=O) groups is 1. The number of benzene rings is 2. The van der Waals surface area contributed by atoms with E-state index in [4.69, 9.17) is 0 Å². The fraction of sp³-hybridized carbons (Fsp3) is 0.0625. The first-order valence-corrected chi connectivity index (χ1v) is 10.7. The zero-order valence-electron chi connectivity index (χ0n) is 13.4. The van der Waals surface area contributed by atoms with E-state index in [2.05, 4.69) is 42.8 Å². The molecule has 0 unspecified atom stereocenters. The Labute approximate surface area is 168 Å². The summed E-state index contributed by atoms with van der Waals surface area (Å²) >= 11 is 2.91. The monoisotopic (exact) mass is 500 g/mol. The van der Waals surface area contributed by atoms with Crippen molar-refractivity contribution in [2.24, 2.45) is 0 Å². The van der Waals surface area contributed by atoms with Crippen LogP contribution in [0, 0.1) is 10.5 Å². The molecular formula is C16H13IN4O3S2. The number of rotatable bonds is 5. The average molecular weight is 500 g/mol. The van der Waals surface area contributed by atoms with Crippen LogP contribution in [0.2, 0.25) is 0 Å². The molecule has 0 atom stereocenters. The molecule has 0 spiro atoms. The first kappa shape index (κ1) is 18.7. The lowest BCUT2D eigenvalue weighted by atomic mass is 10.1. The van der Waals surface area contributed by atoms with Crippen molar-refractivity contribution in [2.75, 3.05) is 10.0 Å². The van der Waals surface area contributed by atoms with Crippen LogP contribution in [0.3, 0.4) is 0 Å². The number of nitrogens with zero attached hydrogens (tertiary/aromatic N) is 2. The van der Waals surface area contributed by atoms with Crippen molar-refractivity contribution >= 4 is 60.7 Å². The predicted octanol–water partition coefficient (Wildman–Crippen LogP) is 3.50. The van der Waals surface area contributed by atoms with E-state index in [1.165, 1.54) is 0 Å². The lowest BCUT2D eigenvalue weighted by Crippen LogP contribution is -2.12. The van der Waals surface area contributed by atoms with Crippen LogP contribution >= 0.6 is 33.9 Å². The molecule has 0 fully saturated rings. The molecule has 1 amide bonds. The van der Waals surface area contributed by atoms with E-state index in [1.807, 2.05) is 19.1 Å². The molecule has 0 saturated heterocycles. The van der Waals surface area contributed by atoms with Crippen LogP contribution in [0.1, 0.15) is 15.9 Å². The summed E-state index contributed by atoms with van der Waals surface area (Å²) in [6.45, 7) is 1.92. The Morgan fingerprint density at radius 3 is 2.35 bits per heavy atom. The van der Waals surface area contributed by atoms with Crippen molar-refractivity contribution in [1.82, 2.24) is 10.2 Å². The minimum atomic E-state index is -3.87. The number of aryl methyl sites for hydroxylation is 1. The number of carbonyl (C=O) groups excluding carboxylic acids is 1. The molecule has 10 heteroatoms. The first-order valence-electron chi connectivity index (χ1n) is 7.33. The maximum Gasteiger partial charge on any atom is 0.291 e. The van der Waals surface area contributed by atoms with Gasteiger partial charge in [0.1, 0.15) is 0 Å². The van der Waals surface area contributed by atoms with Gasteiger partial charge in [0.15, 0.2) is 0 Å². The van der Waals surface area contributed by atoms with Gasteiger partial charge < -0.3 is 0 Å². The molecule has 134 valence electrons. The highest BCUT2D eigenvalue weighted by Gasteiger charge is 2.21. The molecular weight excluding hydrogens is 487 g/mol. The quantitative estimate of drug-likeness (QED) is 0.413. The average Bonchev–Trinajstić information content (AvgIpc) is 3.07. The molecule has 0 bridgehead atoms. The summed E-state index contributed by atoms with van der Waals surface area (Å²) in [5, 5.41) is 10.1. The van der Waals surface area contributed by atoms with Crippen LogP contribution in [-0.4, -0.2) is 24.5 Å². The minimum Gasteiger partial charge on any atom is -0.296 e. The smallest absolute Gasteiger partial charge is 0.291 e. The van der Waals surface area contributed by atoms with Crippen molar-refractivity contribution in [3.63, 3.8) is 0 Å². The van der Waals surface area contributed by atoms with Crippen molar-refractivity contribution in [3.05, 3.63) is 63.2 Å². The molecule has 1 heterocycles. The van der Waals surface area contributed by atoms with Gasteiger partial charge in [-0.25, -0.2) is 0 Å². The van der Waals surface area contributed by atoms with Crippen molar-refractivity contribution in [2.45, 2.75) is 11.3 Å². The maximum absolute atomic E-state index is 12.4. The zero-order valence-corrected chi connectivity index (χ0v) is 17.2. The zero-order chi connectivity index (χ0) is 18.7. The molecule has 0 radical (unpaired) electrons. The van der Waals surface area contributed by atoms with Crippen LogP contribution in [0.15, 0.2) is 52.9 Å². The summed E-state index contributed by atoms with van der Waals surface area (Å²) in [7, 11) is -3.87. The number of hydrogen-bond donors (Lipinski definition) is 2. The Morgan fingerprint density at radius 1 is 1.04 bits per heavy atom. The van der Waals surface area contributed by atoms with Gasteiger partial charge in [0, 0.05) is 14.8 Å². The Bertz CT molecular complexity index is 1030. The molecule has 2 aromatic carbocycles. The predicted molar refractivity (Wildman–Crippen MR) is 109 cm³/mol. The standard InChI is InChI=1S/C16H13IN4O3S2/c1-10-2-4-11(5-3-10)14(22)18-15-19-20-16(25-15)26(23,24)21-13-8-6-12(17)7-9-13/h2-9,21H,1H3,(H,18,19,22). The molecule has 0 aliphatic rings. The van der Waals surface area contributed by atoms with Gasteiger partial charge in [0.2, 0.25) is 5.13 Å². The molecule has 0 aliphatic heterocycles. The Kier molecular flexibility index (Phi) is 5.53. The Morgan fingerprint density at radius 2 is 1.69 bits per heavy atom. The molecule has 7 nitrogen and oxygen atoms in total. The fourth-order valence-electron chi connectivity index (χ4n) is 1.96. The van der Waals surface area contributed by atoms with Gasteiger partial charge >= 0.3 is 0 Å². The molecule has 1 aromatic heterocycles. The number of sulfonamides is 1. The number of hydrogen-bond acceptors (Lipinski definition) is 6. The Hall–Kier alpha value is -2.05. The van der Waals surface area contributed by atoms with Gasteiger partial charge in [-0.3, -0.25) is 14.8 Å². The maximum atomic E-state index is 12.4. The molecule has 3 aromatic rings. The second-order valence-electron chi connectivity index (χ2n) is 5.31. The van der Waals surface area contributed by atoms with Crippen LogP contribution in [0.4, 0.5) is 10.8 Å². The van der Waals surface area contributed by atoms with Crippen LogP contribution in [0.25, 0.3) is 0 Å². The number of halogens is 1. The van der Waals surface area contributed by atoms with E-state index in [1.54, 1.807) is 36.4 Å². The van der Waals surface area contributed by atoms with Gasteiger partial charge in [-0.1, -0.05) is 29.0 Å². The molecule has 0 aliphatic carbocycles. The van der Waals surface area contributed by atoms with E-state index in [9.17, 15) is 13.2 Å². The third-order valence-electron chi connectivity index (χ3n) is 3.27. The number of aromatic nitrogens is 2. The molecule has 0 saturated carbocycles. The number of nitrogens with one attached hydrogen (secondary N) is 2. The highest BCUT2D eigenvalue weighted by Crippen LogP contribution is 2.23. The van der Waals surface area contributed by atoms with Crippen molar-refractivity contribution in [3.8, 4) is 0 Å². The second-order valence-corrected chi connectivity index (χ2v) is 9.38. The van der Waals surface area contributed by atoms with Gasteiger partial charge in [-0.05, 0) is 65.9 Å². The van der Waals surface area contributed by atoms with Gasteiger partial charge in [-0.15, -0.1) is 10.2 Å². The van der Waals surface area contributed by atoms with Gasteiger partial charge in [0.25, 0.3) is 20.3 Å². The van der Waals surface area contributed by atoms with Gasteiger partial charge in [0.05, 0.1) is 0 Å². The van der Waals surface area contributed by atoms with E-state index < -0.39 is 10.0 Å². The van der Waals surface area contributed by atoms with E-state index in [0.717, 1.165) is 20.5 Å². The highest BCUT2D eigenvalue weighted by atomic mass is 127. The summed E-state index contributed by atoms with van der Waals surface area (Å²) in [5.74, 6) is -0.379. The van der Waals surface area contributed by atoms with E-state index >= 15 is 0 Å². The first-order chi connectivity index (χ1) is 12.3. The summed E-state index contributed by atoms with van der Waals surface area (Å²) in [6.07, 6.45) is 0.